The molecular formula is C18H16N4O2S. The number of ether oxygens (including phenoxy) is 1. The van der Waals surface area contributed by atoms with Gasteiger partial charge in [0.25, 0.3) is 5.91 Å². The van der Waals surface area contributed by atoms with Crippen molar-refractivity contribution in [3.8, 4) is 5.75 Å². The number of fused-ring (bicyclic) bond motifs is 1. The molecule has 7 heteroatoms. The lowest BCUT2D eigenvalue weighted by Crippen LogP contribution is -2.30. The molecule has 4 rings (SSSR count). The van der Waals surface area contributed by atoms with Gasteiger partial charge < -0.3 is 20.4 Å². The summed E-state index contributed by atoms with van der Waals surface area (Å²) in [4.78, 5) is 20.2. The number of pyridine rings is 1. The molecule has 1 aromatic carbocycles. The number of anilines is 1. The number of hydrogen-bond donors (Lipinski definition) is 3. The summed E-state index contributed by atoms with van der Waals surface area (Å²) in [6.07, 6.45) is 7.22. The van der Waals surface area contributed by atoms with Crippen molar-refractivity contribution in [3.05, 3.63) is 59.4 Å². The number of carbonyl (C=O) groups excluding carboxylic acids is 1. The fourth-order valence-corrected chi connectivity index (χ4v) is 3.65. The smallest absolute Gasteiger partial charge is 0.260 e. The first-order valence-electron chi connectivity index (χ1n) is 7.74. The topological polar surface area (TPSA) is 79.0 Å². The van der Waals surface area contributed by atoms with Crippen molar-refractivity contribution in [2.75, 3.05) is 12.4 Å². The van der Waals surface area contributed by atoms with Crippen LogP contribution in [-0.2, 0) is 4.79 Å². The molecule has 1 amide bonds. The molecule has 0 saturated carbocycles. The number of aromatic nitrogens is 2. The molecule has 1 unspecified atom stereocenters. The van der Waals surface area contributed by atoms with Crippen LogP contribution in [0.5, 0.6) is 5.75 Å². The van der Waals surface area contributed by atoms with Crippen LogP contribution in [0.15, 0.2) is 53.8 Å². The van der Waals surface area contributed by atoms with Gasteiger partial charge >= 0.3 is 0 Å². The summed E-state index contributed by atoms with van der Waals surface area (Å²) in [5.74, 6) is 0.690. The maximum Gasteiger partial charge on any atom is 0.260 e. The lowest BCUT2D eigenvalue weighted by atomic mass is 10.1. The zero-order valence-corrected chi connectivity index (χ0v) is 14.3. The number of nitrogens with zero attached hydrogens (tertiary/aromatic N) is 1. The second kappa shape index (κ2) is 6.52. The van der Waals surface area contributed by atoms with Gasteiger partial charge in [-0.25, -0.2) is 0 Å². The quantitative estimate of drug-likeness (QED) is 0.629. The minimum atomic E-state index is -0.220. The van der Waals surface area contributed by atoms with Crippen LogP contribution < -0.4 is 15.4 Å². The number of thioether (sulfide) groups is 1. The van der Waals surface area contributed by atoms with Crippen molar-refractivity contribution < 1.29 is 9.53 Å². The van der Waals surface area contributed by atoms with Crippen LogP contribution in [0.4, 0.5) is 5.69 Å². The van der Waals surface area contributed by atoms with Gasteiger partial charge in [0.1, 0.15) is 5.75 Å². The van der Waals surface area contributed by atoms with E-state index in [1.807, 2.05) is 42.6 Å². The highest BCUT2D eigenvalue weighted by molar-refractivity contribution is 8.05. The van der Waals surface area contributed by atoms with E-state index in [9.17, 15) is 4.79 Å². The number of benzene rings is 1. The fraction of sp³-hybridized carbons (Fsp3) is 0.111. The molecular weight excluding hydrogens is 336 g/mol. The molecule has 1 saturated heterocycles. The van der Waals surface area contributed by atoms with E-state index in [2.05, 4.69) is 20.6 Å². The van der Waals surface area contributed by atoms with Crippen LogP contribution in [0.1, 0.15) is 5.56 Å². The third-order valence-corrected chi connectivity index (χ3v) is 4.93. The number of hydrogen-bond acceptors (Lipinski definition) is 5. The average Bonchev–Trinajstić information content (AvgIpc) is 3.19. The van der Waals surface area contributed by atoms with Crippen LogP contribution in [0.25, 0.3) is 17.0 Å². The Morgan fingerprint density at radius 3 is 3.08 bits per heavy atom. The van der Waals surface area contributed by atoms with Crippen LogP contribution in [0, 0.1) is 0 Å². The third-order valence-electron chi connectivity index (χ3n) is 3.90. The fourth-order valence-electron chi connectivity index (χ4n) is 2.67. The van der Waals surface area contributed by atoms with Gasteiger partial charge in [-0.05, 0) is 36.4 Å². The zero-order chi connectivity index (χ0) is 17.2. The second-order valence-electron chi connectivity index (χ2n) is 5.52. The van der Waals surface area contributed by atoms with E-state index < -0.39 is 0 Å². The number of nitrogens with one attached hydrogen (secondary N) is 3. The van der Waals surface area contributed by atoms with Gasteiger partial charge in [0.05, 0.1) is 23.9 Å². The Labute approximate surface area is 148 Å². The van der Waals surface area contributed by atoms with Crippen molar-refractivity contribution in [1.82, 2.24) is 15.3 Å². The molecule has 2 aromatic heterocycles. The molecule has 3 aromatic rings. The van der Waals surface area contributed by atoms with E-state index in [0.717, 1.165) is 27.9 Å². The Morgan fingerprint density at radius 2 is 2.28 bits per heavy atom. The van der Waals surface area contributed by atoms with Gasteiger partial charge in [0, 0.05) is 28.9 Å². The highest BCUT2D eigenvalue weighted by atomic mass is 32.2. The molecule has 0 spiro atoms. The zero-order valence-electron chi connectivity index (χ0n) is 13.4. The van der Waals surface area contributed by atoms with E-state index in [4.69, 9.17) is 4.74 Å². The summed E-state index contributed by atoms with van der Waals surface area (Å²) in [6, 6.07) is 9.58. The second-order valence-corrected chi connectivity index (χ2v) is 6.67. The molecule has 0 bridgehead atoms. The Balaban J connectivity index is 1.58. The van der Waals surface area contributed by atoms with E-state index in [-0.39, 0.29) is 11.4 Å². The Kier molecular flexibility index (Phi) is 4.07. The van der Waals surface area contributed by atoms with Gasteiger partial charge in [-0.3, -0.25) is 9.78 Å². The lowest BCUT2D eigenvalue weighted by molar-refractivity contribution is -0.116. The van der Waals surface area contributed by atoms with Crippen molar-refractivity contribution in [3.63, 3.8) is 0 Å². The molecule has 1 aliphatic rings. The normalized spacial score (nSPS) is 18.5. The van der Waals surface area contributed by atoms with E-state index in [0.29, 0.717) is 4.91 Å². The summed E-state index contributed by atoms with van der Waals surface area (Å²) >= 11 is 1.45. The molecule has 1 atom stereocenters. The minimum Gasteiger partial charge on any atom is -0.497 e. The van der Waals surface area contributed by atoms with Gasteiger partial charge in [0.2, 0.25) is 0 Å². The van der Waals surface area contributed by atoms with Crippen LogP contribution in [0.3, 0.4) is 0 Å². The molecule has 3 N–H and O–H groups in total. The first-order valence-corrected chi connectivity index (χ1v) is 8.62. The summed E-state index contributed by atoms with van der Waals surface area (Å²) in [5.41, 5.74) is 2.59. The molecule has 1 aliphatic heterocycles. The molecule has 0 radical (unpaired) electrons. The Bertz CT molecular complexity index is 952. The number of carbonyl (C=O) groups is 1. The van der Waals surface area contributed by atoms with Crippen molar-refractivity contribution in [1.29, 1.82) is 0 Å². The Hall–Kier alpha value is -2.93. The molecule has 25 heavy (non-hydrogen) atoms. The van der Waals surface area contributed by atoms with Gasteiger partial charge in [0.15, 0.2) is 5.50 Å². The largest absolute Gasteiger partial charge is 0.497 e. The summed E-state index contributed by atoms with van der Waals surface area (Å²) in [6.45, 7) is 0. The summed E-state index contributed by atoms with van der Waals surface area (Å²) in [7, 11) is 1.64. The van der Waals surface area contributed by atoms with Crippen molar-refractivity contribution >= 4 is 40.3 Å². The van der Waals surface area contributed by atoms with Crippen LogP contribution in [0.2, 0.25) is 0 Å². The summed E-state index contributed by atoms with van der Waals surface area (Å²) < 4.78 is 5.29. The van der Waals surface area contributed by atoms with E-state index in [1.165, 1.54) is 11.8 Å². The maximum absolute atomic E-state index is 12.3. The molecule has 0 aliphatic carbocycles. The number of methoxy groups -OCH3 is 1. The lowest BCUT2D eigenvalue weighted by Gasteiger charge is -2.11. The third kappa shape index (κ3) is 3.18. The van der Waals surface area contributed by atoms with E-state index >= 15 is 0 Å². The molecule has 6 nitrogen and oxygen atoms in total. The van der Waals surface area contributed by atoms with Crippen LogP contribution in [-0.4, -0.2) is 28.5 Å². The number of H-pyrrole nitrogens is 1. The Morgan fingerprint density at radius 1 is 1.36 bits per heavy atom. The number of rotatable bonds is 4. The highest BCUT2D eigenvalue weighted by Gasteiger charge is 2.27. The van der Waals surface area contributed by atoms with E-state index in [1.54, 1.807) is 19.5 Å². The van der Waals surface area contributed by atoms with Crippen LogP contribution >= 0.6 is 11.8 Å². The molecule has 1 fully saturated rings. The van der Waals surface area contributed by atoms with Gasteiger partial charge in [-0.2, -0.15) is 0 Å². The van der Waals surface area contributed by atoms with Gasteiger partial charge in [-0.15, -0.1) is 0 Å². The predicted molar refractivity (Wildman–Crippen MR) is 100 cm³/mol. The number of amides is 1. The monoisotopic (exact) mass is 352 g/mol. The average molecular weight is 352 g/mol. The molecule has 3 heterocycles. The SMILES string of the molecule is COc1ccc2[nH]cc(/C=C3\SC(Nc4cccnc4)NC3=O)c2c1. The summed E-state index contributed by atoms with van der Waals surface area (Å²) in [5, 5.41) is 7.17. The minimum absolute atomic E-state index is 0.0939. The predicted octanol–water partition coefficient (Wildman–Crippen LogP) is 3.17. The first kappa shape index (κ1) is 15.6. The first-order chi connectivity index (χ1) is 12.2. The maximum atomic E-state index is 12.3. The standard InChI is InChI=1S/C18H16N4O2S/c1-24-13-4-5-15-14(8-13)11(9-20-15)7-16-17(23)22-18(25-16)21-12-3-2-6-19-10-12/h2-10,18,20-21H,1H3,(H,22,23)/b16-7-. The van der Waals surface area contributed by atoms with Crippen molar-refractivity contribution in [2.24, 2.45) is 0 Å². The van der Waals surface area contributed by atoms with Gasteiger partial charge in [-0.1, -0.05) is 11.8 Å². The highest BCUT2D eigenvalue weighted by Crippen LogP contribution is 2.32. The van der Waals surface area contributed by atoms with Crippen molar-refractivity contribution in [2.45, 2.75) is 5.50 Å². The molecule has 126 valence electrons. The number of aromatic amines is 1.